The molecule has 1 fully saturated rings. The second kappa shape index (κ2) is 11.4. The topological polar surface area (TPSA) is 89.9 Å². The van der Waals surface area contributed by atoms with Crippen LogP contribution in [0.4, 0.5) is 4.79 Å². The normalized spacial score (nSPS) is 21.2. The molecule has 2 aliphatic heterocycles. The number of hydrogen-bond donors (Lipinski definition) is 2. The van der Waals surface area contributed by atoms with Crippen LogP contribution in [0.2, 0.25) is 0 Å². The molecule has 0 aromatic heterocycles. The van der Waals surface area contributed by atoms with Gasteiger partial charge in [0.05, 0.1) is 11.9 Å². The van der Waals surface area contributed by atoms with Crippen LogP contribution in [0.5, 0.6) is 0 Å². The Kier molecular flexibility index (Phi) is 8.81. The maximum absolute atomic E-state index is 12.8. The van der Waals surface area contributed by atoms with E-state index in [4.69, 9.17) is 0 Å². The lowest BCUT2D eigenvalue weighted by atomic mass is 10.00. The van der Waals surface area contributed by atoms with Crippen LogP contribution in [0.25, 0.3) is 0 Å². The first-order valence-electron chi connectivity index (χ1n) is 11.2. The van der Waals surface area contributed by atoms with Crippen LogP contribution in [0.1, 0.15) is 28.4 Å². The first-order valence-corrected chi connectivity index (χ1v) is 12.9. The van der Waals surface area contributed by atoms with Gasteiger partial charge in [-0.25, -0.2) is 13.2 Å². The molecule has 2 heterocycles. The molecule has 2 N–H and O–H groups in total. The largest absolute Gasteiger partial charge is 0.390 e. The lowest BCUT2D eigenvalue weighted by Crippen LogP contribution is -2.47. The van der Waals surface area contributed by atoms with Crippen molar-refractivity contribution < 1.29 is 18.3 Å². The summed E-state index contributed by atoms with van der Waals surface area (Å²) >= 11 is 0. The number of β-amino-alcohol motifs (C(OH)–C–C–N with tert-alkyl or cyclic N) is 1. The molecular weight excluding hydrogens is 458 g/mol. The summed E-state index contributed by atoms with van der Waals surface area (Å²) in [5, 5.41) is 12.6. The number of sulfone groups is 1. The SMILES string of the molecule is O=C(NC[C@H](O)CN1CCc2ccccc2C1)N1CCCS(=O)(=O)C(c2ccccc2)C1.S. The third kappa shape index (κ3) is 6.50. The number of rotatable bonds is 5. The first-order chi connectivity index (χ1) is 15.4. The average molecular weight is 492 g/mol. The molecule has 0 bridgehead atoms. The third-order valence-corrected chi connectivity index (χ3v) is 8.45. The smallest absolute Gasteiger partial charge is 0.317 e. The summed E-state index contributed by atoms with van der Waals surface area (Å²) in [5.74, 6) is 0.0649. The molecule has 2 aliphatic rings. The zero-order valence-corrected chi connectivity index (χ0v) is 20.5. The summed E-state index contributed by atoms with van der Waals surface area (Å²) in [6.07, 6.45) is 0.678. The fraction of sp³-hybridized carbons (Fsp3) is 0.458. The van der Waals surface area contributed by atoms with Gasteiger partial charge in [-0.15, -0.1) is 0 Å². The number of carbonyl (C=O) groups is 1. The quantitative estimate of drug-likeness (QED) is 0.669. The van der Waals surface area contributed by atoms with Gasteiger partial charge in [0.1, 0.15) is 5.25 Å². The van der Waals surface area contributed by atoms with Gasteiger partial charge in [0.25, 0.3) is 0 Å². The van der Waals surface area contributed by atoms with Crippen LogP contribution in [0.15, 0.2) is 54.6 Å². The van der Waals surface area contributed by atoms with Crippen molar-refractivity contribution in [1.29, 1.82) is 0 Å². The number of fused-ring (bicyclic) bond motifs is 1. The lowest BCUT2D eigenvalue weighted by molar-refractivity contribution is 0.103. The van der Waals surface area contributed by atoms with Gasteiger partial charge >= 0.3 is 6.03 Å². The zero-order valence-electron chi connectivity index (χ0n) is 18.7. The number of nitrogens with one attached hydrogen (secondary N) is 1. The van der Waals surface area contributed by atoms with E-state index in [-0.39, 0.29) is 38.4 Å². The van der Waals surface area contributed by atoms with Crippen molar-refractivity contribution in [1.82, 2.24) is 15.1 Å². The number of aliphatic hydroxyl groups is 1. The van der Waals surface area contributed by atoms with E-state index in [0.717, 1.165) is 19.5 Å². The molecule has 0 aliphatic carbocycles. The van der Waals surface area contributed by atoms with Crippen molar-refractivity contribution in [2.24, 2.45) is 0 Å². The first kappa shape index (κ1) is 25.6. The minimum Gasteiger partial charge on any atom is -0.390 e. The number of nitrogens with zero attached hydrogens (tertiary/aromatic N) is 2. The van der Waals surface area contributed by atoms with Gasteiger partial charge < -0.3 is 15.3 Å². The molecule has 9 heteroatoms. The number of aliphatic hydroxyl groups excluding tert-OH is 1. The highest BCUT2D eigenvalue weighted by Crippen LogP contribution is 2.27. The number of hydrogen-bond acceptors (Lipinski definition) is 5. The summed E-state index contributed by atoms with van der Waals surface area (Å²) < 4.78 is 25.5. The van der Waals surface area contributed by atoms with E-state index in [0.29, 0.717) is 25.1 Å². The van der Waals surface area contributed by atoms with E-state index in [9.17, 15) is 18.3 Å². The molecule has 0 radical (unpaired) electrons. The molecule has 2 amide bonds. The molecule has 1 saturated heterocycles. The number of carbonyl (C=O) groups excluding carboxylic acids is 1. The van der Waals surface area contributed by atoms with Crippen molar-refractivity contribution >= 4 is 29.4 Å². The van der Waals surface area contributed by atoms with E-state index >= 15 is 0 Å². The van der Waals surface area contributed by atoms with Crippen LogP contribution in [-0.4, -0.2) is 73.9 Å². The Bertz CT molecular complexity index is 1030. The molecule has 180 valence electrons. The monoisotopic (exact) mass is 491 g/mol. The summed E-state index contributed by atoms with van der Waals surface area (Å²) in [4.78, 5) is 16.6. The van der Waals surface area contributed by atoms with Crippen LogP contribution >= 0.6 is 13.5 Å². The minimum absolute atomic E-state index is 0. The van der Waals surface area contributed by atoms with E-state index in [2.05, 4.69) is 28.4 Å². The van der Waals surface area contributed by atoms with Crippen LogP contribution < -0.4 is 5.32 Å². The highest BCUT2D eigenvalue weighted by molar-refractivity contribution is 7.91. The highest BCUT2D eigenvalue weighted by Gasteiger charge is 2.33. The number of urea groups is 1. The van der Waals surface area contributed by atoms with Gasteiger partial charge in [-0.1, -0.05) is 54.6 Å². The Morgan fingerprint density at radius 2 is 1.76 bits per heavy atom. The standard InChI is InChI=1S/C24H31N3O4S.H2S/c28-22(17-26-13-11-19-7-4-5-10-21(19)16-26)15-25-24(29)27-12-6-14-32(30,31)23(18-27)20-8-2-1-3-9-20;/h1-5,7-10,22-23,28H,6,11-18H2,(H,25,29);1H2/t22-,23?;/m0./s1. The van der Waals surface area contributed by atoms with Crippen LogP contribution in [-0.2, 0) is 22.8 Å². The molecule has 2 aromatic rings. The van der Waals surface area contributed by atoms with Crippen LogP contribution in [0, 0.1) is 0 Å². The molecule has 2 aromatic carbocycles. The van der Waals surface area contributed by atoms with Crippen molar-refractivity contribution in [3.8, 4) is 0 Å². The fourth-order valence-electron chi connectivity index (χ4n) is 4.56. The summed E-state index contributed by atoms with van der Waals surface area (Å²) in [7, 11) is -3.33. The molecule has 2 atom stereocenters. The van der Waals surface area contributed by atoms with Crippen molar-refractivity contribution in [3.63, 3.8) is 0 Å². The Morgan fingerprint density at radius 3 is 2.52 bits per heavy atom. The number of benzene rings is 2. The minimum atomic E-state index is -3.33. The summed E-state index contributed by atoms with van der Waals surface area (Å²) in [6, 6.07) is 17.1. The molecule has 33 heavy (non-hydrogen) atoms. The zero-order chi connectivity index (χ0) is 22.6. The van der Waals surface area contributed by atoms with Crippen LogP contribution in [0.3, 0.4) is 0 Å². The second-order valence-electron chi connectivity index (χ2n) is 8.66. The van der Waals surface area contributed by atoms with Crippen molar-refractivity contribution in [2.45, 2.75) is 30.7 Å². The predicted molar refractivity (Wildman–Crippen MR) is 134 cm³/mol. The molecular formula is C24H33N3O4S2. The van der Waals surface area contributed by atoms with Gasteiger partial charge in [-0.3, -0.25) is 4.90 Å². The van der Waals surface area contributed by atoms with Gasteiger partial charge in [0, 0.05) is 39.3 Å². The van der Waals surface area contributed by atoms with E-state index in [1.54, 1.807) is 17.0 Å². The number of amides is 2. The van der Waals surface area contributed by atoms with E-state index in [1.165, 1.54) is 11.1 Å². The second-order valence-corrected chi connectivity index (χ2v) is 11.0. The Balaban J connectivity index is 0.00000306. The molecule has 1 unspecified atom stereocenters. The fourth-order valence-corrected chi connectivity index (χ4v) is 6.35. The molecule has 7 nitrogen and oxygen atoms in total. The van der Waals surface area contributed by atoms with E-state index < -0.39 is 21.2 Å². The average Bonchev–Trinajstić information content (AvgIpc) is 2.96. The molecule has 0 saturated carbocycles. The predicted octanol–water partition coefficient (Wildman–Crippen LogP) is 2.09. The maximum atomic E-state index is 12.8. The Morgan fingerprint density at radius 1 is 1.06 bits per heavy atom. The molecule has 4 rings (SSSR count). The maximum Gasteiger partial charge on any atom is 0.317 e. The van der Waals surface area contributed by atoms with Crippen molar-refractivity contribution in [3.05, 3.63) is 71.3 Å². The lowest BCUT2D eigenvalue weighted by Gasteiger charge is -2.30. The Hall–Kier alpha value is -2.07. The Labute approximate surface area is 203 Å². The van der Waals surface area contributed by atoms with Gasteiger partial charge in [0.2, 0.25) is 0 Å². The van der Waals surface area contributed by atoms with Crippen molar-refractivity contribution in [2.75, 3.05) is 38.5 Å². The van der Waals surface area contributed by atoms with Gasteiger partial charge in [-0.2, -0.15) is 13.5 Å². The van der Waals surface area contributed by atoms with Gasteiger partial charge in [-0.05, 0) is 29.5 Å². The summed E-state index contributed by atoms with van der Waals surface area (Å²) in [6.45, 7) is 2.80. The summed E-state index contributed by atoms with van der Waals surface area (Å²) in [5.41, 5.74) is 3.35. The highest BCUT2D eigenvalue weighted by atomic mass is 32.2. The molecule has 0 spiro atoms. The van der Waals surface area contributed by atoms with Gasteiger partial charge in [0.15, 0.2) is 9.84 Å². The third-order valence-electron chi connectivity index (χ3n) is 6.30. The van der Waals surface area contributed by atoms with E-state index in [1.807, 2.05) is 24.3 Å².